The van der Waals surface area contributed by atoms with Crippen LogP contribution in [-0.4, -0.2) is 41.1 Å². The first-order chi connectivity index (χ1) is 7.23. The van der Waals surface area contributed by atoms with E-state index in [1.807, 2.05) is 0 Å². The van der Waals surface area contributed by atoms with Crippen LogP contribution in [0.2, 0.25) is 0 Å². The standard InChI is InChI=1S/C11H20N2O3/c1-6-11(4,9(14)15)12-10(16)13(5)7-8(2)3/h2,6-7H2,1,3-5H3,(H,12,16)(H,14,15). The lowest BCUT2D eigenvalue weighted by atomic mass is 10.00. The Morgan fingerprint density at radius 3 is 2.31 bits per heavy atom. The van der Waals surface area contributed by atoms with E-state index in [0.29, 0.717) is 13.0 Å². The summed E-state index contributed by atoms with van der Waals surface area (Å²) in [7, 11) is 1.60. The molecule has 5 nitrogen and oxygen atoms in total. The lowest BCUT2D eigenvalue weighted by Gasteiger charge is -2.28. The van der Waals surface area contributed by atoms with Crippen molar-refractivity contribution < 1.29 is 14.7 Å². The summed E-state index contributed by atoms with van der Waals surface area (Å²) in [4.78, 5) is 24.1. The topological polar surface area (TPSA) is 69.6 Å². The summed E-state index contributed by atoms with van der Waals surface area (Å²) >= 11 is 0. The summed E-state index contributed by atoms with van der Waals surface area (Å²) < 4.78 is 0. The van der Waals surface area contributed by atoms with Crippen LogP contribution in [-0.2, 0) is 4.79 Å². The number of hydrogen-bond donors (Lipinski definition) is 2. The Bertz CT molecular complexity index is 302. The molecule has 0 aromatic heterocycles. The van der Waals surface area contributed by atoms with Crippen molar-refractivity contribution in [2.24, 2.45) is 0 Å². The van der Waals surface area contributed by atoms with Crippen LogP contribution in [0.15, 0.2) is 12.2 Å². The highest BCUT2D eigenvalue weighted by Gasteiger charge is 2.33. The Kier molecular flexibility index (Phi) is 5.01. The molecule has 0 saturated heterocycles. The van der Waals surface area contributed by atoms with Crippen molar-refractivity contribution in [1.82, 2.24) is 10.2 Å². The number of carboxylic acids is 1. The molecule has 2 amide bonds. The fourth-order valence-corrected chi connectivity index (χ4v) is 1.10. The van der Waals surface area contributed by atoms with E-state index in [-0.39, 0.29) is 0 Å². The summed E-state index contributed by atoms with van der Waals surface area (Å²) in [5, 5.41) is 11.5. The number of aliphatic carboxylic acids is 1. The fourth-order valence-electron chi connectivity index (χ4n) is 1.10. The zero-order chi connectivity index (χ0) is 12.9. The molecule has 0 bridgehead atoms. The molecule has 92 valence electrons. The summed E-state index contributed by atoms with van der Waals surface area (Å²) in [6, 6.07) is -0.408. The van der Waals surface area contributed by atoms with Gasteiger partial charge in [-0.05, 0) is 20.3 Å². The Labute approximate surface area is 96.1 Å². The number of carbonyl (C=O) groups excluding carboxylic acids is 1. The van der Waals surface area contributed by atoms with Gasteiger partial charge in [0.15, 0.2) is 0 Å². The molecule has 0 saturated carbocycles. The predicted molar refractivity (Wildman–Crippen MR) is 62.3 cm³/mol. The van der Waals surface area contributed by atoms with E-state index in [4.69, 9.17) is 5.11 Å². The van der Waals surface area contributed by atoms with Crippen LogP contribution >= 0.6 is 0 Å². The maximum absolute atomic E-state index is 11.7. The highest BCUT2D eigenvalue weighted by Crippen LogP contribution is 2.10. The Balaban J connectivity index is 4.53. The molecular weight excluding hydrogens is 208 g/mol. The van der Waals surface area contributed by atoms with E-state index in [1.165, 1.54) is 11.8 Å². The van der Waals surface area contributed by atoms with Gasteiger partial charge >= 0.3 is 12.0 Å². The molecule has 1 unspecified atom stereocenters. The number of urea groups is 1. The molecule has 2 N–H and O–H groups in total. The van der Waals surface area contributed by atoms with Crippen molar-refractivity contribution in [2.45, 2.75) is 32.7 Å². The van der Waals surface area contributed by atoms with Crippen molar-refractivity contribution in [3.63, 3.8) is 0 Å². The third-order valence-electron chi connectivity index (χ3n) is 2.42. The van der Waals surface area contributed by atoms with E-state index < -0.39 is 17.5 Å². The lowest BCUT2D eigenvalue weighted by molar-refractivity contribution is -0.143. The fraction of sp³-hybridized carbons (Fsp3) is 0.636. The van der Waals surface area contributed by atoms with Crippen LogP contribution in [0.3, 0.4) is 0 Å². The quantitative estimate of drug-likeness (QED) is 0.700. The van der Waals surface area contributed by atoms with Crippen molar-refractivity contribution in [2.75, 3.05) is 13.6 Å². The van der Waals surface area contributed by atoms with Gasteiger partial charge < -0.3 is 15.3 Å². The number of rotatable bonds is 5. The number of carboxylic acid groups (broad SMARTS) is 1. The van der Waals surface area contributed by atoms with E-state index in [2.05, 4.69) is 11.9 Å². The molecule has 0 aliphatic rings. The zero-order valence-corrected chi connectivity index (χ0v) is 10.3. The minimum atomic E-state index is -1.22. The monoisotopic (exact) mass is 228 g/mol. The van der Waals surface area contributed by atoms with Gasteiger partial charge in [-0.3, -0.25) is 0 Å². The van der Waals surface area contributed by atoms with E-state index in [0.717, 1.165) is 5.57 Å². The molecule has 0 aliphatic carbocycles. The number of carbonyl (C=O) groups is 2. The van der Waals surface area contributed by atoms with Crippen molar-refractivity contribution in [3.8, 4) is 0 Å². The average molecular weight is 228 g/mol. The summed E-state index contributed by atoms with van der Waals surface area (Å²) in [5.41, 5.74) is -0.383. The highest BCUT2D eigenvalue weighted by molar-refractivity contribution is 5.85. The minimum Gasteiger partial charge on any atom is -0.480 e. The molecule has 0 aliphatic heterocycles. The second kappa shape index (κ2) is 5.53. The van der Waals surface area contributed by atoms with Crippen LogP contribution in [0.25, 0.3) is 0 Å². The van der Waals surface area contributed by atoms with Crippen LogP contribution in [0.5, 0.6) is 0 Å². The SMILES string of the molecule is C=C(C)CN(C)C(=O)NC(C)(CC)C(=O)O. The molecule has 0 heterocycles. The first kappa shape index (κ1) is 14.5. The average Bonchev–Trinajstić information content (AvgIpc) is 2.16. The van der Waals surface area contributed by atoms with Crippen LogP contribution in [0.4, 0.5) is 4.79 Å². The summed E-state index contributed by atoms with van der Waals surface area (Å²) in [6.07, 6.45) is 0.328. The molecule has 1 atom stereocenters. The van der Waals surface area contributed by atoms with Gasteiger partial charge in [-0.15, -0.1) is 0 Å². The second-order valence-electron chi connectivity index (χ2n) is 4.23. The van der Waals surface area contributed by atoms with Gasteiger partial charge in [-0.25, -0.2) is 9.59 Å². The van der Waals surface area contributed by atoms with Gasteiger partial charge in [0, 0.05) is 13.6 Å². The van der Waals surface area contributed by atoms with Gasteiger partial charge in [-0.1, -0.05) is 19.1 Å². The van der Waals surface area contributed by atoms with Crippen LogP contribution < -0.4 is 5.32 Å². The molecule has 0 aromatic rings. The van der Waals surface area contributed by atoms with Crippen molar-refractivity contribution in [1.29, 1.82) is 0 Å². The molecule has 0 spiro atoms. The number of hydrogen-bond acceptors (Lipinski definition) is 2. The Morgan fingerprint density at radius 1 is 1.50 bits per heavy atom. The second-order valence-corrected chi connectivity index (χ2v) is 4.23. The molecule has 0 aromatic carbocycles. The summed E-state index contributed by atoms with van der Waals surface area (Å²) in [5.74, 6) is -1.04. The smallest absolute Gasteiger partial charge is 0.329 e. The Morgan fingerprint density at radius 2 is 2.00 bits per heavy atom. The van der Waals surface area contributed by atoms with Crippen LogP contribution in [0.1, 0.15) is 27.2 Å². The molecule has 0 fully saturated rings. The molecule has 5 heteroatoms. The number of nitrogens with one attached hydrogen (secondary N) is 1. The third kappa shape index (κ3) is 3.92. The van der Waals surface area contributed by atoms with Gasteiger partial charge in [0.1, 0.15) is 5.54 Å². The molecular formula is C11H20N2O3. The molecule has 0 radical (unpaired) electrons. The minimum absolute atomic E-state index is 0.328. The third-order valence-corrected chi connectivity index (χ3v) is 2.42. The zero-order valence-electron chi connectivity index (χ0n) is 10.3. The van der Waals surface area contributed by atoms with Gasteiger partial charge in [0.2, 0.25) is 0 Å². The first-order valence-electron chi connectivity index (χ1n) is 5.14. The first-order valence-corrected chi connectivity index (χ1v) is 5.14. The van der Waals surface area contributed by atoms with Crippen LogP contribution in [0, 0.1) is 0 Å². The van der Waals surface area contributed by atoms with E-state index >= 15 is 0 Å². The van der Waals surface area contributed by atoms with Crippen molar-refractivity contribution >= 4 is 12.0 Å². The van der Waals surface area contributed by atoms with E-state index in [1.54, 1.807) is 20.9 Å². The normalized spacial score (nSPS) is 13.8. The largest absolute Gasteiger partial charge is 0.480 e. The highest BCUT2D eigenvalue weighted by atomic mass is 16.4. The van der Waals surface area contributed by atoms with Gasteiger partial charge in [0.25, 0.3) is 0 Å². The number of amides is 2. The number of likely N-dealkylation sites (N-methyl/N-ethyl adjacent to an activating group) is 1. The maximum Gasteiger partial charge on any atom is 0.329 e. The van der Waals surface area contributed by atoms with Crippen molar-refractivity contribution in [3.05, 3.63) is 12.2 Å². The Hall–Kier alpha value is -1.52. The molecule has 16 heavy (non-hydrogen) atoms. The van der Waals surface area contributed by atoms with Gasteiger partial charge in [-0.2, -0.15) is 0 Å². The summed E-state index contributed by atoms with van der Waals surface area (Å²) in [6.45, 7) is 9.11. The lowest BCUT2D eigenvalue weighted by Crippen LogP contribution is -2.55. The van der Waals surface area contributed by atoms with E-state index in [9.17, 15) is 9.59 Å². The number of nitrogens with zero attached hydrogens (tertiary/aromatic N) is 1. The van der Waals surface area contributed by atoms with Gasteiger partial charge in [0.05, 0.1) is 0 Å². The maximum atomic E-state index is 11.7. The molecule has 0 rings (SSSR count). The predicted octanol–water partition coefficient (Wildman–Crippen LogP) is 1.46.